The van der Waals surface area contributed by atoms with Crippen LogP contribution >= 0.6 is 12.2 Å². The monoisotopic (exact) mass is 449 g/mol. The fourth-order valence-corrected chi connectivity index (χ4v) is 4.35. The molecule has 1 amide bonds. The Morgan fingerprint density at radius 2 is 1.60 bits per heavy atom. The average Bonchev–Trinajstić information content (AvgIpc) is 2.73. The van der Waals surface area contributed by atoms with Gasteiger partial charge in [0.05, 0.1) is 11.5 Å². The van der Waals surface area contributed by atoms with E-state index in [9.17, 15) is 13.2 Å². The van der Waals surface area contributed by atoms with Crippen LogP contribution in [0, 0.1) is 0 Å². The highest BCUT2D eigenvalue weighted by Gasteiger charge is 2.21. The molecule has 0 spiro atoms. The lowest BCUT2D eigenvalue weighted by Gasteiger charge is -2.18. The Morgan fingerprint density at radius 1 is 1.00 bits per heavy atom. The van der Waals surface area contributed by atoms with Gasteiger partial charge in [0.1, 0.15) is 5.75 Å². The predicted octanol–water partition coefficient (Wildman–Crippen LogP) is 3.63. The zero-order chi connectivity index (χ0) is 22.1. The van der Waals surface area contributed by atoms with E-state index in [-0.39, 0.29) is 15.9 Å². The predicted molar refractivity (Wildman–Crippen MR) is 122 cm³/mol. The van der Waals surface area contributed by atoms with E-state index in [1.807, 2.05) is 6.92 Å². The Balaban J connectivity index is 1.97. The maximum atomic E-state index is 12.5. The van der Waals surface area contributed by atoms with Crippen molar-refractivity contribution >= 4 is 38.9 Å². The number of ether oxygens (including phenoxy) is 1. The molecule has 0 unspecified atom stereocenters. The smallest absolute Gasteiger partial charge is 0.257 e. The molecule has 0 heterocycles. The number of hydrogen-bond acceptors (Lipinski definition) is 5. The summed E-state index contributed by atoms with van der Waals surface area (Å²) in [7, 11) is -3.52. The fraction of sp³-hybridized carbons (Fsp3) is 0.333. The average molecular weight is 450 g/mol. The molecule has 0 atom stereocenters. The Kier molecular flexibility index (Phi) is 8.76. The molecule has 0 aromatic heterocycles. The van der Waals surface area contributed by atoms with Crippen LogP contribution in [0.1, 0.15) is 37.6 Å². The number of carbonyl (C=O) groups excluding carboxylic acids is 1. The highest BCUT2D eigenvalue weighted by Crippen LogP contribution is 2.18. The molecule has 0 aliphatic carbocycles. The Hall–Kier alpha value is -2.49. The maximum Gasteiger partial charge on any atom is 0.257 e. The van der Waals surface area contributed by atoms with Gasteiger partial charge in [-0.2, -0.15) is 4.31 Å². The van der Waals surface area contributed by atoms with Crippen LogP contribution in [0.2, 0.25) is 0 Å². The molecule has 0 aliphatic heterocycles. The molecular weight excluding hydrogens is 422 g/mol. The van der Waals surface area contributed by atoms with E-state index in [0.29, 0.717) is 36.7 Å². The zero-order valence-electron chi connectivity index (χ0n) is 17.3. The van der Waals surface area contributed by atoms with Crippen LogP contribution < -0.4 is 15.4 Å². The fourth-order valence-electron chi connectivity index (χ4n) is 2.68. The standard InChI is InChI=1S/C21H27N3O4S2/c1-4-15-28-18-11-7-16(8-12-18)20(25)23-21(29)22-17-9-13-19(14-10-17)30(26,27)24(5-2)6-3/h7-14H,4-6,15H2,1-3H3,(H2,22,23,25,29). The molecule has 0 aliphatic rings. The van der Waals surface area contributed by atoms with E-state index in [2.05, 4.69) is 10.6 Å². The second-order valence-electron chi connectivity index (χ2n) is 6.39. The van der Waals surface area contributed by atoms with Crippen molar-refractivity contribution in [3.63, 3.8) is 0 Å². The molecule has 2 aromatic carbocycles. The third-order valence-corrected chi connectivity index (χ3v) is 6.54. The highest BCUT2D eigenvalue weighted by molar-refractivity contribution is 7.89. The van der Waals surface area contributed by atoms with Crippen LogP contribution in [0.5, 0.6) is 5.75 Å². The van der Waals surface area contributed by atoms with Crippen LogP contribution in [0.3, 0.4) is 0 Å². The molecule has 7 nitrogen and oxygen atoms in total. The van der Waals surface area contributed by atoms with E-state index in [4.69, 9.17) is 17.0 Å². The van der Waals surface area contributed by atoms with Crippen molar-refractivity contribution in [1.82, 2.24) is 9.62 Å². The lowest BCUT2D eigenvalue weighted by molar-refractivity contribution is 0.0977. The second-order valence-corrected chi connectivity index (χ2v) is 8.74. The van der Waals surface area contributed by atoms with Crippen molar-refractivity contribution in [3.05, 3.63) is 54.1 Å². The van der Waals surface area contributed by atoms with Gasteiger partial charge in [-0.15, -0.1) is 0 Å². The highest BCUT2D eigenvalue weighted by atomic mass is 32.2. The minimum atomic E-state index is -3.52. The van der Waals surface area contributed by atoms with Crippen molar-refractivity contribution in [2.75, 3.05) is 25.0 Å². The van der Waals surface area contributed by atoms with Gasteiger partial charge in [-0.05, 0) is 67.2 Å². The third kappa shape index (κ3) is 6.25. The van der Waals surface area contributed by atoms with Crippen LogP contribution in [0.15, 0.2) is 53.4 Å². The number of benzene rings is 2. The molecule has 2 rings (SSSR count). The normalized spacial score (nSPS) is 11.2. The first kappa shape index (κ1) is 23.8. The van der Waals surface area contributed by atoms with Crippen LogP contribution in [-0.2, 0) is 10.0 Å². The molecule has 0 radical (unpaired) electrons. The maximum absolute atomic E-state index is 12.5. The second kappa shape index (κ2) is 11.1. The first-order valence-electron chi connectivity index (χ1n) is 9.77. The number of anilines is 1. The Labute approximate surface area is 183 Å². The molecule has 2 N–H and O–H groups in total. The summed E-state index contributed by atoms with van der Waals surface area (Å²) in [6.07, 6.45) is 0.907. The molecule has 30 heavy (non-hydrogen) atoms. The summed E-state index contributed by atoms with van der Waals surface area (Å²) >= 11 is 5.19. The summed E-state index contributed by atoms with van der Waals surface area (Å²) in [4.78, 5) is 12.5. The number of sulfonamides is 1. The number of thiocarbonyl (C=S) groups is 1. The summed E-state index contributed by atoms with van der Waals surface area (Å²) in [5.74, 6) is 0.351. The van der Waals surface area contributed by atoms with Gasteiger partial charge in [0.25, 0.3) is 5.91 Å². The quantitative estimate of drug-likeness (QED) is 0.569. The van der Waals surface area contributed by atoms with Crippen LogP contribution in [0.4, 0.5) is 5.69 Å². The van der Waals surface area contributed by atoms with E-state index in [0.717, 1.165) is 6.42 Å². The van der Waals surface area contributed by atoms with Crippen LogP contribution in [0.25, 0.3) is 0 Å². The number of nitrogens with one attached hydrogen (secondary N) is 2. The van der Waals surface area contributed by atoms with Gasteiger partial charge in [-0.1, -0.05) is 20.8 Å². The number of nitrogens with zero attached hydrogens (tertiary/aromatic N) is 1. The summed E-state index contributed by atoms with van der Waals surface area (Å²) in [5, 5.41) is 5.60. The van der Waals surface area contributed by atoms with Gasteiger partial charge in [-0.25, -0.2) is 8.42 Å². The van der Waals surface area contributed by atoms with E-state index in [1.165, 1.54) is 16.4 Å². The lowest BCUT2D eigenvalue weighted by Crippen LogP contribution is -2.34. The molecular formula is C21H27N3O4S2. The zero-order valence-corrected chi connectivity index (χ0v) is 19.0. The number of rotatable bonds is 9. The van der Waals surface area contributed by atoms with Crippen molar-refractivity contribution < 1.29 is 17.9 Å². The van der Waals surface area contributed by atoms with Crippen LogP contribution in [-0.4, -0.2) is 43.4 Å². The number of carbonyl (C=O) groups is 1. The molecule has 0 bridgehead atoms. The lowest BCUT2D eigenvalue weighted by atomic mass is 10.2. The van der Waals surface area contributed by atoms with Gasteiger partial charge in [0, 0.05) is 24.3 Å². The molecule has 0 saturated heterocycles. The van der Waals surface area contributed by atoms with Gasteiger partial charge in [0.15, 0.2) is 5.11 Å². The van der Waals surface area contributed by atoms with E-state index >= 15 is 0 Å². The summed E-state index contributed by atoms with van der Waals surface area (Å²) in [5.41, 5.74) is 1.02. The first-order valence-corrected chi connectivity index (χ1v) is 11.6. The molecule has 162 valence electrons. The largest absolute Gasteiger partial charge is 0.494 e. The van der Waals surface area contributed by atoms with Gasteiger partial charge >= 0.3 is 0 Å². The SMILES string of the molecule is CCCOc1ccc(C(=O)NC(=S)Nc2ccc(S(=O)(=O)N(CC)CC)cc2)cc1. The minimum absolute atomic E-state index is 0.116. The first-order chi connectivity index (χ1) is 14.3. The number of hydrogen-bond donors (Lipinski definition) is 2. The molecule has 0 saturated carbocycles. The van der Waals surface area contributed by atoms with Gasteiger partial charge in [0.2, 0.25) is 10.0 Å². The topological polar surface area (TPSA) is 87.7 Å². The van der Waals surface area contributed by atoms with Crippen molar-refractivity contribution in [2.24, 2.45) is 0 Å². The molecule has 0 fully saturated rings. The molecule has 9 heteroatoms. The number of amides is 1. The minimum Gasteiger partial charge on any atom is -0.494 e. The summed E-state index contributed by atoms with van der Waals surface area (Å²) in [6.45, 7) is 7.04. The van der Waals surface area contributed by atoms with Crippen molar-refractivity contribution in [2.45, 2.75) is 32.1 Å². The Bertz CT molecular complexity index is 955. The summed E-state index contributed by atoms with van der Waals surface area (Å²) < 4.78 is 31.9. The molecule has 2 aromatic rings. The van der Waals surface area contributed by atoms with E-state index in [1.54, 1.807) is 50.2 Å². The van der Waals surface area contributed by atoms with Crippen molar-refractivity contribution in [3.8, 4) is 5.75 Å². The summed E-state index contributed by atoms with van der Waals surface area (Å²) in [6, 6.07) is 13.0. The van der Waals surface area contributed by atoms with Gasteiger partial charge in [-0.3, -0.25) is 10.1 Å². The van der Waals surface area contributed by atoms with Crippen molar-refractivity contribution in [1.29, 1.82) is 0 Å². The third-order valence-electron chi connectivity index (χ3n) is 4.27. The Morgan fingerprint density at radius 3 is 2.13 bits per heavy atom. The van der Waals surface area contributed by atoms with E-state index < -0.39 is 10.0 Å². The van der Waals surface area contributed by atoms with Gasteiger partial charge < -0.3 is 10.1 Å².